The molecule has 7 heteroatoms. The van der Waals surface area contributed by atoms with Crippen molar-refractivity contribution in [2.24, 2.45) is 0 Å². The SMILES string of the molecule is O=C(O)Cc1cc(Cl)ccc1OCC(F)(F)F. The number of ether oxygens (including phenoxy) is 1. The van der Waals surface area contributed by atoms with Gasteiger partial charge in [-0.1, -0.05) is 11.6 Å². The highest BCUT2D eigenvalue weighted by Crippen LogP contribution is 2.25. The van der Waals surface area contributed by atoms with Crippen molar-refractivity contribution in [1.82, 2.24) is 0 Å². The molecule has 0 heterocycles. The summed E-state index contributed by atoms with van der Waals surface area (Å²) in [6, 6.07) is 3.81. The highest BCUT2D eigenvalue weighted by atomic mass is 35.5. The molecule has 1 rings (SSSR count). The average Bonchev–Trinajstić information content (AvgIpc) is 2.14. The molecule has 0 amide bonds. The fourth-order valence-corrected chi connectivity index (χ4v) is 1.34. The Morgan fingerprint density at radius 1 is 1.41 bits per heavy atom. The molecule has 0 aliphatic carbocycles. The number of hydrogen-bond acceptors (Lipinski definition) is 2. The summed E-state index contributed by atoms with van der Waals surface area (Å²) in [5.74, 6) is -1.31. The summed E-state index contributed by atoms with van der Waals surface area (Å²) in [6.45, 7) is -1.47. The van der Waals surface area contributed by atoms with Crippen LogP contribution in [0, 0.1) is 0 Å². The van der Waals surface area contributed by atoms with E-state index in [-0.39, 0.29) is 16.3 Å². The molecule has 17 heavy (non-hydrogen) atoms. The fraction of sp³-hybridized carbons (Fsp3) is 0.300. The summed E-state index contributed by atoms with van der Waals surface area (Å²) in [5, 5.41) is 8.83. The van der Waals surface area contributed by atoms with E-state index in [2.05, 4.69) is 4.74 Å². The van der Waals surface area contributed by atoms with Crippen LogP contribution in [-0.2, 0) is 11.2 Å². The van der Waals surface area contributed by atoms with Gasteiger partial charge in [0.1, 0.15) is 5.75 Å². The zero-order valence-electron chi connectivity index (χ0n) is 8.42. The Morgan fingerprint density at radius 3 is 2.59 bits per heavy atom. The van der Waals surface area contributed by atoms with Crippen LogP contribution in [0.5, 0.6) is 5.75 Å². The molecule has 0 aliphatic heterocycles. The number of carbonyl (C=O) groups is 1. The van der Waals surface area contributed by atoms with Crippen LogP contribution in [0.1, 0.15) is 5.56 Å². The highest BCUT2D eigenvalue weighted by molar-refractivity contribution is 6.30. The molecule has 0 saturated heterocycles. The van der Waals surface area contributed by atoms with Gasteiger partial charge in [0.15, 0.2) is 6.61 Å². The van der Waals surface area contributed by atoms with E-state index in [1.807, 2.05) is 0 Å². The lowest BCUT2D eigenvalue weighted by Gasteiger charge is -2.12. The van der Waals surface area contributed by atoms with Gasteiger partial charge in [-0.05, 0) is 18.2 Å². The van der Waals surface area contributed by atoms with Gasteiger partial charge < -0.3 is 9.84 Å². The van der Waals surface area contributed by atoms with Crippen LogP contribution < -0.4 is 4.74 Å². The van der Waals surface area contributed by atoms with Crippen LogP contribution in [0.2, 0.25) is 5.02 Å². The largest absolute Gasteiger partial charge is 0.484 e. The number of halogens is 4. The fourth-order valence-electron chi connectivity index (χ4n) is 1.15. The maximum absolute atomic E-state index is 11.9. The van der Waals surface area contributed by atoms with E-state index in [1.54, 1.807) is 0 Å². The standard InChI is InChI=1S/C10H8ClF3O3/c11-7-1-2-8(17-5-10(12,13)14)6(3-7)4-9(15)16/h1-3H,4-5H2,(H,15,16). The van der Waals surface area contributed by atoms with Gasteiger partial charge in [-0.2, -0.15) is 13.2 Å². The van der Waals surface area contributed by atoms with Gasteiger partial charge >= 0.3 is 12.1 Å². The van der Waals surface area contributed by atoms with Gasteiger partial charge in [-0.15, -0.1) is 0 Å². The van der Waals surface area contributed by atoms with Crippen LogP contribution >= 0.6 is 11.6 Å². The zero-order valence-corrected chi connectivity index (χ0v) is 9.18. The van der Waals surface area contributed by atoms with Gasteiger partial charge in [-0.25, -0.2) is 0 Å². The van der Waals surface area contributed by atoms with Gasteiger partial charge in [0.05, 0.1) is 6.42 Å². The molecule has 0 saturated carbocycles. The Morgan fingerprint density at radius 2 is 2.06 bits per heavy atom. The molecule has 0 spiro atoms. The molecule has 0 atom stereocenters. The number of hydrogen-bond donors (Lipinski definition) is 1. The van der Waals surface area contributed by atoms with Crippen LogP contribution in [0.25, 0.3) is 0 Å². The molecule has 0 bridgehead atoms. The lowest BCUT2D eigenvalue weighted by Crippen LogP contribution is -2.20. The van der Waals surface area contributed by atoms with Crippen molar-refractivity contribution < 1.29 is 27.8 Å². The molecule has 94 valence electrons. The quantitative estimate of drug-likeness (QED) is 0.913. The van der Waals surface area contributed by atoms with Crippen molar-refractivity contribution >= 4 is 17.6 Å². The predicted molar refractivity (Wildman–Crippen MR) is 54.3 cm³/mol. The van der Waals surface area contributed by atoms with Crippen molar-refractivity contribution in [2.45, 2.75) is 12.6 Å². The number of benzene rings is 1. The van der Waals surface area contributed by atoms with E-state index in [4.69, 9.17) is 16.7 Å². The predicted octanol–water partition coefficient (Wildman–Crippen LogP) is 2.91. The van der Waals surface area contributed by atoms with Crippen molar-refractivity contribution in [2.75, 3.05) is 6.61 Å². The topological polar surface area (TPSA) is 46.5 Å². The summed E-state index contributed by atoms with van der Waals surface area (Å²) in [4.78, 5) is 10.5. The average molecular weight is 269 g/mol. The first-order chi connectivity index (χ1) is 7.78. The van der Waals surface area contributed by atoms with E-state index in [0.717, 1.165) is 0 Å². The number of carboxylic acid groups (broad SMARTS) is 1. The minimum atomic E-state index is -4.47. The summed E-state index contributed by atoms with van der Waals surface area (Å²) in [5.41, 5.74) is 0.106. The first-order valence-corrected chi connectivity index (χ1v) is 4.85. The monoisotopic (exact) mass is 268 g/mol. The maximum Gasteiger partial charge on any atom is 0.422 e. The van der Waals surface area contributed by atoms with Crippen LogP contribution in [0.3, 0.4) is 0 Å². The first kappa shape index (κ1) is 13.6. The third kappa shape index (κ3) is 4.95. The van der Waals surface area contributed by atoms with Gasteiger partial charge in [0, 0.05) is 10.6 Å². The second-order valence-corrected chi connectivity index (χ2v) is 3.66. The number of aliphatic carboxylic acids is 1. The molecule has 0 unspecified atom stereocenters. The second-order valence-electron chi connectivity index (χ2n) is 3.23. The zero-order chi connectivity index (χ0) is 13.1. The Bertz CT molecular complexity index is 418. The van der Waals surface area contributed by atoms with E-state index < -0.39 is 25.2 Å². The van der Waals surface area contributed by atoms with Crippen molar-refractivity contribution in [3.63, 3.8) is 0 Å². The number of carboxylic acids is 1. The molecular formula is C10H8ClF3O3. The second kappa shape index (κ2) is 5.27. The van der Waals surface area contributed by atoms with Crippen LogP contribution in [0.4, 0.5) is 13.2 Å². The smallest absolute Gasteiger partial charge is 0.422 e. The first-order valence-electron chi connectivity index (χ1n) is 4.48. The summed E-state index contributed by atoms with van der Waals surface area (Å²) < 4.78 is 40.4. The minimum absolute atomic E-state index is 0.106. The molecule has 1 N–H and O–H groups in total. The molecule has 0 aromatic heterocycles. The highest BCUT2D eigenvalue weighted by Gasteiger charge is 2.28. The Kier molecular flexibility index (Phi) is 4.22. The Hall–Kier alpha value is -1.43. The lowest BCUT2D eigenvalue weighted by molar-refractivity contribution is -0.153. The summed E-state index contributed by atoms with van der Waals surface area (Å²) >= 11 is 5.62. The van der Waals surface area contributed by atoms with E-state index in [0.29, 0.717) is 0 Å². The van der Waals surface area contributed by atoms with E-state index in [1.165, 1.54) is 18.2 Å². The van der Waals surface area contributed by atoms with Gasteiger partial charge in [0.2, 0.25) is 0 Å². The lowest BCUT2D eigenvalue weighted by atomic mass is 10.1. The third-order valence-electron chi connectivity index (χ3n) is 1.76. The molecular weight excluding hydrogens is 261 g/mol. The van der Waals surface area contributed by atoms with E-state index >= 15 is 0 Å². The minimum Gasteiger partial charge on any atom is -0.484 e. The van der Waals surface area contributed by atoms with Crippen molar-refractivity contribution in [1.29, 1.82) is 0 Å². The Labute approximate surface area is 99.8 Å². The molecule has 1 aromatic rings. The normalized spacial score (nSPS) is 11.3. The number of alkyl halides is 3. The van der Waals surface area contributed by atoms with Gasteiger partial charge in [0.25, 0.3) is 0 Å². The molecule has 0 fully saturated rings. The maximum atomic E-state index is 11.9. The Balaban J connectivity index is 2.86. The van der Waals surface area contributed by atoms with Crippen molar-refractivity contribution in [3.05, 3.63) is 28.8 Å². The summed E-state index contributed by atoms with van der Waals surface area (Å²) in [7, 11) is 0. The molecule has 0 aliphatic rings. The molecule has 0 radical (unpaired) electrons. The van der Waals surface area contributed by atoms with Crippen LogP contribution in [-0.4, -0.2) is 23.9 Å². The van der Waals surface area contributed by atoms with Crippen LogP contribution in [0.15, 0.2) is 18.2 Å². The third-order valence-corrected chi connectivity index (χ3v) is 1.99. The molecule has 3 nitrogen and oxygen atoms in total. The van der Waals surface area contributed by atoms with Gasteiger partial charge in [-0.3, -0.25) is 4.79 Å². The van der Waals surface area contributed by atoms with E-state index in [9.17, 15) is 18.0 Å². The number of rotatable bonds is 4. The summed E-state index contributed by atoms with van der Waals surface area (Å²) in [6.07, 6.45) is -4.92. The van der Waals surface area contributed by atoms with Crippen molar-refractivity contribution in [3.8, 4) is 5.75 Å². The molecule has 1 aromatic carbocycles.